The Morgan fingerprint density at radius 2 is 2.18 bits per heavy atom. The molecule has 1 saturated heterocycles. The van der Waals surface area contributed by atoms with Crippen molar-refractivity contribution in [3.8, 4) is 0 Å². The molecular weight excluding hydrogens is 361 g/mol. The van der Waals surface area contributed by atoms with E-state index in [2.05, 4.69) is 24.1 Å². The van der Waals surface area contributed by atoms with E-state index in [0.29, 0.717) is 29.6 Å². The standard InChI is InChI=1S/C21H26FN3O3/c1-11(2)23-8-13-4-5-24(9-13)19-14-6-12(3)25-10-16(21(27)28)20(26)15(18(14)25)7-17(19)22/h7,10-13,23H,4-6,8-9H2,1-3H3,(H,27,28). The first kappa shape index (κ1) is 18.9. The number of carboxylic acid groups (broad SMARTS) is 1. The van der Waals surface area contributed by atoms with Gasteiger partial charge in [0.1, 0.15) is 11.4 Å². The molecule has 0 saturated carbocycles. The van der Waals surface area contributed by atoms with Gasteiger partial charge in [0.15, 0.2) is 0 Å². The lowest BCUT2D eigenvalue weighted by Crippen LogP contribution is -2.31. The number of nitrogens with one attached hydrogen (secondary N) is 1. The number of halogens is 1. The van der Waals surface area contributed by atoms with Gasteiger partial charge in [-0.1, -0.05) is 13.8 Å². The Morgan fingerprint density at radius 1 is 1.43 bits per heavy atom. The van der Waals surface area contributed by atoms with Crippen molar-refractivity contribution >= 4 is 22.6 Å². The lowest BCUT2D eigenvalue weighted by molar-refractivity contribution is 0.0694. The largest absolute Gasteiger partial charge is 0.477 e. The van der Waals surface area contributed by atoms with Gasteiger partial charge in [-0.15, -0.1) is 0 Å². The van der Waals surface area contributed by atoms with E-state index < -0.39 is 17.2 Å². The zero-order chi connectivity index (χ0) is 20.2. The number of nitrogens with zero attached hydrogens (tertiary/aromatic N) is 2. The maximum absolute atomic E-state index is 15.2. The van der Waals surface area contributed by atoms with Gasteiger partial charge >= 0.3 is 5.97 Å². The van der Waals surface area contributed by atoms with Gasteiger partial charge in [-0.2, -0.15) is 0 Å². The Morgan fingerprint density at radius 3 is 2.86 bits per heavy atom. The number of anilines is 1. The summed E-state index contributed by atoms with van der Waals surface area (Å²) < 4.78 is 17.0. The summed E-state index contributed by atoms with van der Waals surface area (Å²) in [5.74, 6) is -1.25. The number of carbonyl (C=O) groups is 1. The smallest absolute Gasteiger partial charge is 0.341 e. The topological polar surface area (TPSA) is 74.6 Å². The molecule has 0 spiro atoms. The summed E-state index contributed by atoms with van der Waals surface area (Å²) in [6, 6.07) is 1.64. The fourth-order valence-electron chi connectivity index (χ4n) is 4.59. The zero-order valence-electron chi connectivity index (χ0n) is 16.5. The Hall–Kier alpha value is -2.41. The van der Waals surface area contributed by atoms with Crippen molar-refractivity contribution < 1.29 is 14.3 Å². The lowest BCUT2D eigenvalue weighted by atomic mass is 10.0. The van der Waals surface area contributed by atoms with Crippen LogP contribution in [0.5, 0.6) is 0 Å². The third-order valence-corrected chi connectivity index (χ3v) is 5.96. The van der Waals surface area contributed by atoms with Gasteiger partial charge in [0.05, 0.1) is 11.2 Å². The van der Waals surface area contributed by atoms with Crippen LogP contribution < -0.4 is 15.6 Å². The van der Waals surface area contributed by atoms with Crippen LogP contribution in [0.15, 0.2) is 17.1 Å². The molecule has 6 nitrogen and oxygen atoms in total. The minimum absolute atomic E-state index is 0.0160. The van der Waals surface area contributed by atoms with Crippen molar-refractivity contribution in [1.82, 2.24) is 9.88 Å². The molecule has 4 rings (SSSR count). The monoisotopic (exact) mass is 387 g/mol. The van der Waals surface area contributed by atoms with E-state index in [0.717, 1.165) is 31.6 Å². The van der Waals surface area contributed by atoms with Gasteiger partial charge in [0.25, 0.3) is 0 Å². The van der Waals surface area contributed by atoms with Crippen LogP contribution in [0.1, 0.15) is 49.2 Å². The van der Waals surface area contributed by atoms with Crippen molar-refractivity contribution in [2.75, 3.05) is 24.5 Å². The van der Waals surface area contributed by atoms with E-state index in [4.69, 9.17) is 0 Å². The molecule has 0 amide bonds. The summed E-state index contributed by atoms with van der Waals surface area (Å²) in [5.41, 5.74) is 1.18. The first-order valence-electron chi connectivity index (χ1n) is 9.89. The van der Waals surface area contributed by atoms with Crippen molar-refractivity contribution in [3.63, 3.8) is 0 Å². The fourth-order valence-corrected chi connectivity index (χ4v) is 4.59. The summed E-state index contributed by atoms with van der Waals surface area (Å²) >= 11 is 0. The average Bonchev–Trinajstić information content (AvgIpc) is 3.21. The Balaban J connectivity index is 1.78. The van der Waals surface area contributed by atoms with E-state index >= 15 is 4.39 Å². The molecule has 1 aromatic heterocycles. The second kappa shape index (κ2) is 6.88. The summed E-state index contributed by atoms with van der Waals surface area (Å²) in [5, 5.41) is 13.0. The van der Waals surface area contributed by atoms with Crippen LogP contribution in [-0.4, -0.2) is 41.3 Å². The molecule has 150 valence electrons. The lowest BCUT2D eigenvalue weighted by Gasteiger charge is -2.23. The maximum Gasteiger partial charge on any atom is 0.341 e. The number of carboxylic acids is 1. The SMILES string of the molecule is CC(C)NCC1CCN(c2c(F)cc3c(=O)c(C(=O)O)cn4c3c2CC4C)C1. The van der Waals surface area contributed by atoms with Crippen molar-refractivity contribution in [3.05, 3.63) is 39.4 Å². The van der Waals surface area contributed by atoms with Crippen LogP contribution in [0.25, 0.3) is 10.9 Å². The van der Waals surface area contributed by atoms with Crippen molar-refractivity contribution in [2.24, 2.45) is 5.92 Å². The predicted octanol–water partition coefficient (Wildman–Crippen LogP) is 2.78. The van der Waals surface area contributed by atoms with E-state index in [-0.39, 0.29) is 17.0 Å². The number of aromatic carboxylic acids is 1. The number of aromatic nitrogens is 1. The van der Waals surface area contributed by atoms with E-state index in [1.165, 1.54) is 12.3 Å². The molecule has 2 unspecified atom stereocenters. The highest BCUT2D eigenvalue weighted by molar-refractivity contribution is 5.96. The summed E-state index contributed by atoms with van der Waals surface area (Å²) in [6.07, 6.45) is 3.00. The maximum atomic E-state index is 15.2. The highest BCUT2D eigenvalue weighted by Crippen LogP contribution is 2.40. The minimum Gasteiger partial charge on any atom is -0.477 e. The summed E-state index contributed by atoms with van der Waals surface area (Å²) in [6.45, 7) is 8.66. The van der Waals surface area contributed by atoms with Crippen LogP contribution in [0.3, 0.4) is 0 Å². The Kier molecular flexibility index (Phi) is 4.65. The highest BCUT2D eigenvalue weighted by atomic mass is 19.1. The predicted molar refractivity (Wildman–Crippen MR) is 107 cm³/mol. The molecule has 2 N–H and O–H groups in total. The third-order valence-electron chi connectivity index (χ3n) is 5.96. The van der Waals surface area contributed by atoms with Gasteiger partial charge in [0.2, 0.25) is 5.43 Å². The number of hydrogen-bond donors (Lipinski definition) is 2. The molecule has 2 atom stereocenters. The molecule has 2 aliphatic rings. The normalized spacial score (nSPS) is 21.2. The zero-order valence-corrected chi connectivity index (χ0v) is 16.5. The van der Waals surface area contributed by atoms with E-state index in [1.807, 2.05) is 11.5 Å². The molecule has 3 heterocycles. The molecule has 2 aliphatic heterocycles. The van der Waals surface area contributed by atoms with Gasteiger partial charge in [-0.05, 0) is 38.3 Å². The minimum atomic E-state index is -1.28. The molecule has 0 radical (unpaired) electrons. The van der Waals surface area contributed by atoms with Gasteiger partial charge in [-0.3, -0.25) is 4.79 Å². The van der Waals surface area contributed by atoms with Gasteiger partial charge in [0, 0.05) is 42.3 Å². The first-order valence-corrected chi connectivity index (χ1v) is 9.89. The van der Waals surface area contributed by atoms with Crippen LogP contribution in [-0.2, 0) is 6.42 Å². The molecule has 0 bridgehead atoms. The van der Waals surface area contributed by atoms with Crippen LogP contribution in [0, 0.1) is 11.7 Å². The number of rotatable bonds is 5. The molecular formula is C21H26FN3O3. The number of hydrogen-bond acceptors (Lipinski definition) is 4. The van der Waals surface area contributed by atoms with Crippen molar-refractivity contribution in [1.29, 1.82) is 0 Å². The van der Waals surface area contributed by atoms with Crippen LogP contribution in [0.2, 0.25) is 0 Å². The molecule has 0 aliphatic carbocycles. The fraction of sp³-hybridized carbons (Fsp3) is 0.524. The van der Waals surface area contributed by atoms with E-state index in [9.17, 15) is 14.7 Å². The van der Waals surface area contributed by atoms with Crippen LogP contribution >= 0.6 is 0 Å². The quantitative estimate of drug-likeness (QED) is 0.825. The van der Waals surface area contributed by atoms with E-state index in [1.54, 1.807) is 0 Å². The highest BCUT2D eigenvalue weighted by Gasteiger charge is 2.33. The first-order chi connectivity index (χ1) is 13.3. The van der Waals surface area contributed by atoms with Gasteiger partial charge in [-0.25, -0.2) is 9.18 Å². The number of pyridine rings is 1. The Bertz CT molecular complexity index is 1010. The van der Waals surface area contributed by atoms with Crippen molar-refractivity contribution in [2.45, 2.75) is 45.7 Å². The molecule has 28 heavy (non-hydrogen) atoms. The second-order valence-electron chi connectivity index (χ2n) is 8.38. The average molecular weight is 387 g/mol. The summed E-state index contributed by atoms with van der Waals surface area (Å²) in [7, 11) is 0. The van der Waals surface area contributed by atoms with Crippen LogP contribution in [0.4, 0.5) is 10.1 Å². The molecule has 7 heteroatoms. The summed E-state index contributed by atoms with van der Waals surface area (Å²) in [4.78, 5) is 26.1. The molecule has 1 fully saturated rings. The Labute approximate surface area is 163 Å². The third kappa shape index (κ3) is 2.98. The van der Waals surface area contributed by atoms with Gasteiger partial charge < -0.3 is 19.9 Å². The molecule has 1 aromatic carbocycles. The number of benzene rings is 1. The molecule has 2 aromatic rings. The second-order valence-corrected chi connectivity index (χ2v) is 8.38.